The van der Waals surface area contributed by atoms with Gasteiger partial charge in [-0.15, -0.1) is 0 Å². The number of ether oxygens (including phenoxy) is 1. The van der Waals surface area contributed by atoms with Crippen LogP contribution in [-0.4, -0.2) is 43.5 Å². The van der Waals surface area contributed by atoms with E-state index in [0.717, 1.165) is 12.1 Å². The number of piperidine rings is 1. The van der Waals surface area contributed by atoms with Crippen molar-refractivity contribution in [3.8, 4) is 5.75 Å². The van der Waals surface area contributed by atoms with Crippen LogP contribution in [0, 0.1) is 5.92 Å². The number of hydrogen-bond acceptors (Lipinski definition) is 5. The van der Waals surface area contributed by atoms with Gasteiger partial charge in [-0.2, -0.15) is 0 Å². The molecule has 2 bridgehead atoms. The van der Waals surface area contributed by atoms with E-state index in [0.29, 0.717) is 30.4 Å². The molecule has 1 aromatic heterocycles. The van der Waals surface area contributed by atoms with Crippen molar-refractivity contribution in [1.29, 1.82) is 0 Å². The molecule has 5 rings (SSSR count). The topological polar surface area (TPSA) is 97.7 Å². The van der Waals surface area contributed by atoms with Gasteiger partial charge in [-0.1, -0.05) is 29.8 Å². The molecule has 1 N–H and O–H groups in total. The first-order valence-electron chi connectivity index (χ1n) is 11.3. The SMILES string of the molecule is O=C(COc1ccccc1)N1CC2CC(C1)c1ccc(NS(=O)(=O)c3ccc(Cl)cc3)c(=O)n1C2. The summed E-state index contributed by atoms with van der Waals surface area (Å²) in [6.45, 7) is 1.40. The van der Waals surface area contributed by atoms with Gasteiger partial charge in [0, 0.05) is 36.3 Å². The van der Waals surface area contributed by atoms with Gasteiger partial charge in [0.15, 0.2) is 6.61 Å². The van der Waals surface area contributed by atoms with Crippen LogP contribution in [0.3, 0.4) is 0 Å². The number of pyridine rings is 1. The molecule has 0 radical (unpaired) electrons. The minimum absolute atomic E-state index is 0.00204. The summed E-state index contributed by atoms with van der Waals surface area (Å²) in [6.07, 6.45) is 0.874. The smallest absolute Gasteiger partial charge is 0.275 e. The van der Waals surface area contributed by atoms with Gasteiger partial charge in [-0.25, -0.2) is 8.42 Å². The molecular weight excluding hydrogens is 490 g/mol. The molecule has 182 valence electrons. The van der Waals surface area contributed by atoms with E-state index >= 15 is 0 Å². The number of nitrogens with zero attached hydrogens (tertiary/aromatic N) is 2. The van der Waals surface area contributed by atoms with Crippen LogP contribution in [-0.2, 0) is 21.4 Å². The fourth-order valence-electron chi connectivity index (χ4n) is 4.80. The van der Waals surface area contributed by atoms with Crippen LogP contribution in [0.15, 0.2) is 76.4 Å². The van der Waals surface area contributed by atoms with E-state index in [1.807, 2.05) is 18.2 Å². The van der Waals surface area contributed by atoms with Crippen molar-refractivity contribution in [2.45, 2.75) is 23.8 Å². The van der Waals surface area contributed by atoms with Crippen LogP contribution >= 0.6 is 11.6 Å². The molecule has 1 saturated heterocycles. The standard InChI is InChI=1S/C25H24ClN3O5S/c26-19-6-8-21(9-7-19)35(32,33)27-22-10-11-23-18-12-17(14-29(23)25(22)31)13-28(15-18)24(30)16-34-20-4-2-1-3-5-20/h1-11,17-18,27H,12-16H2. The number of carbonyl (C=O) groups is 1. The highest BCUT2D eigenvalue weighted by molar-refractivity contribution is 7.92. The van der Waals surface area contributed by atoms with Gasteiger partial charge in [-0.05, 0) is 60.9 Å². The molecule has 2 aliphatic heterocycles. The summed E-state index contributed by atoms with van der Waals surface area (Å²) in [4.78, 5) is 27.8. The lowest BCUT2D eigenvalue weighted by Gasteiger charge is -2.42. The summed E-state index contributed by atoms with van der Waals surface area (Å²) >= 11 is 5.85. The number of anilines is 1. The number of carbonyl (C=O) groups excluding carboxylic acids is 1. The second kappa shape index (κ2) is 9.39. The van der Waals surface area contributed by atoms with Crippen molar-refractivity contribution in [2.75, 3.05) is 24.4 Å². The lowest BCUT2D eigenvalue weighted by Crippen LogP contribution is -2.50. The molecule has 0 saturated carbocycles. The first kappa shape index (κ1) is 23.4. The Kier molecular flexibility index (Phi) is 6.29. The first-order chi connectivity index (χ1) is 16.8. The second-order valence-corrected chi connectivity index (χ2v) is 11.0. The van der Waals surface area contributed by atoms with E-state index in [2.05, 4.69) is 4.72 Å². The Morgan fingerprint density at radius 1 is 1.00 bits per heavy atom. The van der Waals surface area contributed by atoms with Crippen molar-refractivity contribution in [1.82, 2.24) is 9.47 Å². The number of fused-ring (bicyclic) bond motifs is 4. The van der Waals surface area contributed by atoms with E-state index in [-0.39, 0.29) is 40.5 Å². The van der Waals surface area contributed by atoms with Crippen LogP contribution in [0.5, 0.6) is 5.75 Å². The van der Waals surface area contributed by atoms with E-state index in [1.54, 1.807) is 27.7 Å². The first-order valence-corrected chi connectivity index (χ1v) is 13.1. The van der Waals surface area contributed by atoms with Gasteiger partial charge in [-0.3, -0.25) is 14.3 Å². The fraction of sp³-hybridized carbons (Fsp3) is 0.280. The summed E-state index contributed by atoms with van der Waals surface area (Å²) in [5.74, 6) is 0.649. The van der Waals surface area contributed by atoms with Crippen LogP contribution in [0.4, 0.5) is 5.69 Å². The van der Waals surface area contributed by atoms with Gasteiger partial charge in [0.2, 0.25) is 0 Å². The zero-order chi connectivity index (χ0) is 24.6. The van der Waals surface area contributed by atoms with Gasteiger partial charge < -0.3 is 14.2 Å². The molecule has 3 aromatic rings. The van der Waals surface area contributed by atoms with Crippen LogP contribution in [0.1, 0.15) is 18.0 Å². The molecule has 10 heteroatoms. The van der Waals surface area contributed by atoms with Gasteiger partial charge >= 0.3 is 0 Å². The third-order valence-corrected chi connectivity index (χ3v) is 8.06. The second-order valence-electron chi connectivity index (χ2n) is 8.85. The molecule has 8 nitrogen and oxygen atoms in total. The van der Waals surface area contributed by atoms with Crippen LogP contribution < -0.4 is 15.0 Å². The zero-order valence-corrected chi connectivity index (χ0v) is 20.3. The predicted octanol–water partition coefficient (Wildman–Crippen LogP) is 3.33. The molecule has 2 atom stereocenters. The van der Waals surface area contributed by atoms with Crippen molar-refractivity contribution in [3.63, 3.8) is 0 Å². The average Bonchev–Trinajstić information content (AvgIpc) is 2.85. The highest BCUT2D eigenvalue weighted by atomic mass is 35.5. The van der Waals surface area contributed by atoms with Crippen LogP contribution in [0.25, 0.3) is 0 Å². The molecule has 2 aromatic carbocycles. The summed E-state index contributed by atoms with van der Waals surface area (Å²) in [5.41, 5.74) is 0.414. The molecule has 2 aliphatic rings. The minimum atomic E-state index is -3.94. The quantitative estimate of drug-likeness (QED) is 0.545. The highest BCUT2D eigenvalue weighted by Crippen LogP contribution is 2.35. The van der Waals surface area contributed by atoms with Crippen molar-refractivity contribution in [3.05, 3.63) is 87.8 Å². The number of para-hydroxylation sites is 1. The monoisotopic (exact) mass is 513 g/mol. The number of likely N-dealkylation sites (tertiary alicyclic amines) is 1. The Morgan fingerprint density at radius 2 is 1.74 bits per heavy atom. The normalized spacial score (nSPS) is 19.1. The van der Waals surface area contributed by atoms with E-state index in [4.69, 9.17) is 16.3 Å². The maximum absolute atomic E-state index is 13.2. The number of benzene rings is 2. The zero-order valence-electron chi connectivity index (χ0n) is 18.8. The molecule has 0 aliphatic carbocycles. The maximum atomic E-state index is 13.2. The molecule has 2 unspecified atom stereocenters. The Hall–Kier alpha value is -3.30. The molecular formula is C25H24ClN3O5S. The number of halogens is 1. The van der Waals surface area contributed by atoms with Gasteiger partial charge in [0.25, 0.3) is 21.5 Å². The Bertz CT molecular complexity index is 1410. The fourth-order valence-corrected chi connectivity index (χ4v) is 5.98. The third kappa shape index (κ3) is 4.92. The molecule has 35 heavy (non-hydrogen) atoms. The van der Waals surface area contributed by atoms with E-state index in [9.17, 15) is 18.0 Å². The Balaban J connectivity index is 1.32. The number of sulfonamides is 1. The number of aromatic nitrogens is 1. The molecule has 3 heterocycles. The van der Waals surface area contributed by atoms with Gasteiger partial charge in [0.1, 0.15) is 11.4 Å². The third-order valence-electron chi connectivity index (χ3n) is 6.43. The lowest BCUT2D eigenvalue weighted by atomic mass is 9.83. The Morgan fingerprint density at radius 3 is 2.49 bits per heavy atom. The van der Waals surface area contributed by atoms with Gasteiger partial charge in [0.05, 0.1) is 4.90 Å². The van der Waals surface area contributed by atoms with Crippen molar-refractivity contribution in [2.24, 2.45) is 5.92 Å². The van der Waals surface area contributed by atoms with E-state index < -0.39 is 10.0 Å². The minimum Gasteiger partial charge on any atom is -0.484 e. The number of amides is 1. The largest absolute Gasteiger partial charge is 0.484 e. The number of rotatable bonds is 6. The summed E-state index contributed by atoms with van der Waals surface area (Å²) in [6, 6.07) is 18.2. The lowest BCUT2D eigenvalue weighted by molar-refractivity contribution is -0.136. The maximum Gasteiger partial charge on any atom is 0.275 e. The molecule has 1 fully saturated rings. The number of hydrogen-bond donors (Lipinski definition) is 1. The molecule has 1 amide bonds. The highest BCUT2D eigenvalue weighted by Gasteiger charge is 2.37. The number of nitrogens with one attached hydrogen (secondary N) is 1. The molecule has 0 spiro atoms. The van der Waals surface area contributed by atoms with E-state index in [1.165, 1.54) is 30.3 Å². The summed E-state index contributed by atoms with van der Waals surface area (Å²) < 4.78 is 35.2. The van der Waals surface area contributed by atoms with Crippen LogP contribution in [0.2, 0.25) is 5.02 Å². The predicted molar refractivity (Wildman–Crippen MR) is 132 cm³/mol. The average molecular weight is 514 g/mol. The summed E-state index contributed by atoms with van der Waals surface area (Å²) in [5, 5.41) is 0.420. The summed E-state index contributed by atoms with van der Waals surface area (Å²) in [7, 11) is -3.94. The van der Waals surface area contributed by atoms with Crippen molar-refractivity contribution < 1.29 is 17.9 Å². The Labute approximate surface area is 208 Å². The van der Waals surface area contributed by atoms with Crippen molar-refractivity contribution >= 4 is 33.2 Å².